The number of hydrogen-bond donors (Lipinski definition) is 1. The summed E-state index contributed by atoms with van der Waals surface area (Å²) in [5, 5.41) is 0.308. The van der Waals surface area contributed by atoms with Gasteiger partial charge in [-0.1, -0.05) is 11.6 Å². The topological polar surface area (TPSA) is 43.1 Å². The third-order valence-electron chi connectivity index (χ3n) is 1.48. The molecule has 0 radical (unpaired) electrons. The maximum Gasteiger partial charge on any atom is 0.251 e. The summed E-state index contributed by atoms with van der Waals surface area (Å²) in [4.78, 5) is 10.6. The van der Waals surface area contributed by atoms with Crippen molar-refractivity contribution >= 4 is 17.5 Å². The number of benzene rings is 1. The van der Waals surface area contributed by atoms with Crippen LogP contribution in [0.15, 0.2) is 12.1 Å². The van der Waals surface area contributed by atoms with Gasteiger partial charge < -0.3 is 5.73 Å². The normalized spacial score (nSPS) is 9.92. The standard InChI is InChI=1S/C8H7ClFNO/c1-4-2-5(9)3-6(7(4)10)8(11)12/h2-3H,1H3,(H2,11,12). The van der Waals surface area contributed by atoms with E-state index in [0.717, 1.165) is 0 Å². The zero-order valence-electron chi connectivity index (χ0n) is 6.40. The monoisotopic (exact) mass is 187 g/mol. The van der Waals surface area contributed by atoms with Gasteiger partial charge in [-0.05, 0) is 24.6 Å². The van der Waals surface area contributed by atoms with Gasteiger partial charge in [0, 0.05) is 5.02 Å². The first kappa shape index (κ1) is 9.00. The first-order chi connectivity index (χ1) is 5.52. The number of amides is 1. The summed E-state index contributed by atoms with van der Waals surface area (Å²) in [6.45, 7) is 1.52. The lowest BCUT2D eigenvalue weighted by molar-refractivity contribution is 0.0996. The van der Waals surface area contributed by atoms with E-state index in [0.29, 0.717) is 10.6 Å². The fourth-order valence-corrected chi connectivity index (χ4v) is 1.18. The molecule has 0 spiro atoms. The van der Waals surface area contributed by atoms with Gasteiger partial charge in [0.1, 0.15) is 5.82 Å². The van der Waals surface area contributed by atoms with Gasteiger partial charge in [-0.15, -0.1) is 0 Å². The maximum atomic E-state index is 13.1. The molecule has 0 aliphatic rings. The number of rotatable bonds is 1. The van der Waals surface area contributed by atoms with E-state index in [2.05, 4.69) is 0 Å². The van der Waals surface area contributed by atoms with Crippen LogP contribution in [-0.4, -0.2) is 5.91 Å². The molecule has 1 amide bonds. The highest BCUT2D eigenvalue weighted by molar-refractivity contribution is 6.31. The Morgan fingerprint density at radius 1 is 1.58 bits per heavy atom. The Balaban J connectivity index is 3.37. The smallest absolute Gasteiger partial charge is 0.251 e. The van der Waals surface area contributed by atoms with Crippen molar-refractivity contribution in [2.75, 3.05) is 0 Å². The fourth-order valence-electron chi connectivity index (χ4n) is 0.905. The van der Waals surface area contributed by atoms with E-state index >= 15 is 0 Å². The maximum absolute atomic E-state index is 13.1. The number of primary amides is 1. The van der Waals surface area contributed by atoms with Gasteiger partial charge in [0.15, 0.2) is 0 Å². The Hall–Kier alpha value is -1.09. The molecule has 0 saturated carbocycles. The zero-order chi connectivity index (χ0) is 9.30. The molecule has 0 unspecified atom stereocenters. The van der Waals surface area contributed by atoms with Crippen molar-refractivity contribution in [2.24, 2.45) is 5.73 Å². The molecule has 0 aromatic heterocycles. The van der Waals surface area contributed by atoms with Crippen LogP contribution in [0.3, 0.4) is 0 Å². The molecule has 1 aromatic rings. The minimum Gasteiger partial charge on any atom is -0.366 e. The first-order valence-electron chi connectivity index (χ1n) is 3.28. The van der Waals surface area contributed by atoms with Crippen molar-refractivity contribution in [1.82, 2.24) is 0 Å². The van der Waals surface area contributed by atoms with Crippen LogP contribution in [0.2, 0.25) is 5.02 Å². The van der Waals surface area contributed by atoms with Gasteiger partial charge in [0.05, 0.1) is 5.56 Å². The number of carbonyl (C=O) groups excluding carboxylic acids is 1. The van der Waals surface area contributed by atoms with Crippen LogP contribution >= 0.6 is 11.6 Å². The van der Waals surface area contributed by atoms with Crippen LogP contribution in [0.5, 0.6) is 0 Å². The summed E-state index contributed by atoms with van der Waals surface area (Å²) in [5.74, 6) is -1.41. The van der Waals surface area contributed by atoms with Crippen LogP contribution in [0, 0.1) is 12.7 Å². The fraction of sp³-hybridized carbons (Fsp3) is 0.125. The van der Waals surface area contributed by atoms with Crippen LogP contribution in [0.4, 0.5) is 4.39 Å². The number of carbonyl (C=O) groups is 1. The molecule has 2 N–H and O–H groups in total. The highest BCUT2D eigenvalue weighted by atomic mass is 35.5. The lowest BCUT2D eigenvalue weighted by Crippen LogP contribution is -2.13. The highest BCUT2D eigenvalue weighted by Crippen LogP contribution is 2.18. The molecule has 0 atom stereocenters. The highest BCUT2D eigenvalue weighted by Gasteiger charge is 2.11. The Kier molecular flexibility index (Phi) is 2.33. The average Bonchev–Trinajstić information content (AvgIpc) is 1.96. The van der Waals surface area contributed by atoms with Gasteiger partial charge in [0.25, 0.3) is 5.91 Å². The second-order valence-corrected chi connectivity index (χ2v) is 2.88. The molecule has 0 aliphatic heterocycles. The van der Waals surface area contributed by atoms with Crippen molar-refractivity contribution in [1.29, 1.82) is 0 Å². The summed E-state index contributed by atoms with van der Waals surface area (Å²) >= 11 is 5.59. The summed E-state index contributed by atoms with van der Waals surface area (Å²) < 4.78 is 13.1. The summed E-state index contributed by atoms with van der Waals surface area (Å²) in [5.41, 5.74) is 5.06. The van der Waals surface area contributed by atoms with E-state index in [-0.39, 0.29) is 5.56 Å². The van der Waals surface area contributed by atoms with Crippen LogP contribution in [0.1, 0.15) is 15.9 Å². The molecular formula is C8H7ClFNO. The van der Waals surface area contributed by atoms with E-state index < -0.39 is 11.7 Å². The molecular weight excluding hydrogens is 181 g/mol. The second-order valence-electron chi connectivity index (χ2n) is 2.45. The number of halogens is 2. The number of aryl methyl sites for hydroxylation is 1. The molecule has 0 aliphatic carbocycles. The molecule has 1 aromatic carbocycles. The third kappa shape index (κ3) is 1.56. The summed E-state index contributed by atoms with van der Waals surface area (Å²) in [6.07, 6.45) is 0. The Labute approximate surface area is 74.1 Å². The first-order valence-corrected chi connectivity index (χ1v) is 3.65. The molecule has 4 heteroatoms. The van der Waals surface area contributed by atoms with Crippen molar-refractivity contribution in [2.45, 2.75) is 6.92 Å². The van der Waals surface area contributed by atoms with Gasteiger partial charge in [0.2, 0.25) is 0 Å². The predicted molar refractivity (Wildman–Crippen MR) is 44.7 cm³/mol. The minimum atomic E-state index is -0.807. The molecule has 64 valence electrons. The van der Waals surface area contributed by atoms with Gasteiger partial charge in [-0.3, -0.25) is 4.79 Å². The number of nitrogens with two attached hydrogens (primary N) is 1. The molecule has 1 rings (SSSR count). The van der Waals surface area contributed by atoms with Gasteiger partial charge in [-0.2, -0.15) is 0 Å². The Bertz CT molecular complexity index is 338. The molecule has 0 bridgehead atoms. The minimum absolute atomic E-state index is 0.167. The van der Waals surface area contributed by atoms with Crippen LogP contribution in [0.25, 0.3) is 0 Å². The molecule has 0 saturated heterocycles. The van der Waals surface area contributed by atoms with Crippen molar-refractivity contribution < 1.29 is 9.18 Å². The van der Waals surface area contributed by atoms with Crippen molar-refractivity contribution in [3.63, 3.8) is 0 Å². The lowest BCUT2D eigenvalue weighted by Gasteiger charge is -2.02. The van der Waals surface area contributed by atoms with E-state index in [9.17, 15) is 9.18 Å². The van der Waals surface area contributed by atoms with Gasteiger partial charge in [-0.25, -0.2) is 4.39 Å². The van der Waals surface area contributed by atoms with E-state index in [4.69, 9.17) is 17.3 Å². The molecule has 0 fully saturated rings. The lowest BCUT2D eigenvalue weighted by atomic mass is 10.1. The zero-order valence-corrected chi connectivity index (χ0v) is 7.15. The van der Waals surface area contributed by atoms with Crippen LogP contribution < -0.4 is 5.73 Å². The summed E-state index contributed by atoms with van der Waals surface area (Å²) in [6, 6.07) is 2.65. The van der Waals surface area contributed by atoms with Crippen LogP contribution in [-0.2, 0) is 0 Å². The predicted octanol–water partition coefficient (Wildman–Crippen LogP) is 1.89. The quantitative estimate of drug-likeness (QED) is 0.717. The van der Waals surface area contributed by atoms with Crippen molar-refractivity contribution in [3.8, 4) is 0 Å². The molecule has 2 nitrogen and oxygen atoms in total. The largest absolute Gasteiger partial charge is 0.366 e. The van der Waals surface area contributed by atoms with E-state index in [1.165, 1.54) is 19.1 Å². The average molecular weight is 188 g/mol. The molecule has 0 heterocycles. The van der Waals surface area contributed by atoms with E-state index in [1.54, 1.807) is 0 Å². The Morgan fingerprint density at radius 2 is 2.17 bits per heavy atom. The van der Waals surface area contributed by atoms with E-state index in [1.807, 2.05) is 0 Å². The number of hydrogen-bond acceptors (Lipinski definition) is 1. The van der Waals surface area contributed by atoms with Crippen molar-refractivity contribution in [3.05, 3.63) is 34.1 Å². The SMILES string of the molecule is Cc1cc(Cl)cc(C(N)=O)c1F. The van der Waals surface area contributed by atoms with Gasteiger partial charge >= 0.3 is 0 Å². The summed E-state index contributed by atoms with van der Waals surface area (Å²) in [7, 11) is 0. The Morgan fingerprint density at radius 3 is 2.67 bits per heavy atom. The second kappa shape index (κ2) is 3.11. The molecule has 12 heavy (non-hydrogen) atoms. The third-order valence-corrected chi connectivity index (χ3v) is 1.70.